The fourth-order valence-electron chi connectivity index (χ4n) is 4.66. The number of carboxylic acids is 1. The van der Waals surface area contributed by atoms with Crippen LogP contribution >= 0.6 is 0 Å². The lowest BCUT2D eigenvalue weighted by molar-refractivity contribution is -0.166. The first-order valence-electron chi connectivity index (χ1n) is 9.83. The van der Waals surface area contributed by atoms with E-state index in [1.165, 1.54) is 17.4 Å². The van der Waals surface area contributed by atoms with Crippen molar-refractivity contribution in [3.05, 3.63) is 35.5 Å². The molecule has 8 heteroatoms. The number of carbonyl (C=O) groups is 2. The van der Waals surface area contributed by atoms with Gasteiger partial charge < -0.3 is 14.6 Å². The molecule has 29 heavy (non-hydrogen) atoms. The number of carboxylic acid groups (broad SMARTS) is 1. The maximum Gasteiger partial charge on any atom is 0.356 e. The molecule has 1 aromatic carbocycles. The number of hydrogen-bond acceptors (Lipinski definition) is 6. The Labute approximate surface area is 168 Å². The Morgan fingerprint density at radius 1 is 1.21 bits per heavy atom. The van der Waals surface area contributed by atoms with Gasteiger partial charge >= 0.3 is 11.9 Å². The van der Waals surface area contributed by atoms with Crippen LogP contribution in [0.5, 0.6) is 0 Å². The third-order valence-corrected chi connectivity index (χ3v) is 6.59. The van der Waals surface area contributed by atoms with Gasteiger partial charge in [0, 0.05) is 24.4 Å². The summed E-state index contributed by atoms with van der Waals surface area (Å²) in [6.45, 7) is 0.638. The van der Waals surface area contributed by atoms with Crippen LogP contribution < -0.4 is 0 Å². The quantitative estimate of drug-likeness (QED) is 0.745. The highest BCUT2D eigenvalue weighted by Crippen LogP contribution is 2.52. The molecule has 2 bridgehead atoms. The highest BCUT2D eigenvalue weighted by Gasteiger charge is 2.50. The summed E-state index contributed by atoms with van der Waals surface area (Å²) in [6, 6.07) is 7.92. The SMILES string of the molecule is COC(=O)CCC12CCC(c3ccc(-c4nnn(C)c4C(=O)O)cc3)(CC1)CO2. The van der Waals surface area contributed by atoms with Crippen molar-refractivity contribution in [2.75, 3.05) is 13.7 Å². The number of rotatable bonds is 6. The Morgan fingerprint density at radius 2 is 1.90 bits per heavy atom. The summed E-state index contributed by atoms with van der Waals surface area (Å²) in [5.41, 5.74) is 2.15. The largest absolute Gasteiger partial charge is 0.476 e. The van der Waals surface area contributed by atoms with Crippen molar-refractivity contribution in [1.29, 1.82) is 0 Å². The number of hydrogen-bond donors (Lipinski definition) is 1. The Bertz CT molecular complexity index is 910. The van der Waals surface area contributed by atoms with Gasteiger partial charge in [0.1, 0.15) is 5.69 Å². The minimum atomic E-state index is -1.05. The number of aryl methyl sites for hydroxylation is 1. The van der Waals surface area contributed by atoms with Gasteiger partial charge in [-0.3, -0.25) is 4.79 Å². The molecule has 3 fully saturated rings. The molecule has 0 atom stereocenters. The number of aromatic nitrogens is 3. The van der Waals surface area contributed by atoms with E-state index in [1.807, 2.05) is 24.3 Å². The third-order valence-electron chi connectivity index (χ3n) is 6.59. The zero-order chi connectivity index (χ0) is 20.6. The molecule has 3 heterocycles. The topological polar surface area (TPSA) is 104 Å². The minimum Gasteiger partial charge on any atom is -0.476 e. The summed E-state index contributed by atoms with van der Waals surface area (Å²) in [5, 5.41) is 17.3. The lowest BCUT2D eigenvalue weighted by Crippen LogP contribution is -2.53. The van der Waals surface area contributed by atoms with Crippen LogP contribution in [0, 0.1) is 0 Å². The van der Waals surface area contributed by atoms with Crippen molar-refractivity contribution in [2.45, 2.75) is 49.5 Å². The zero-order valence-electron chi connectivity index (χ0n) is 16.7. The Hall–Kier alpha value is -2.74. The predicted octanol–water partition coefficient (Wildman–Crippen LogP) is 2.71. The van der Waals surface area contributed by atoms with Crippen LogP contribution in [-0.2, 0) is 26.7 Å². The first-order chi connectivity index (χ1) is 13.9. The van der Waals surface area contributed by atoms with Gasteiger partial charge in [0.05, 0.1) is 19.3 Å². The summed E-state index contributed by atoms with van der Waals surface area (Å²) in [7, 11) is 2.98. The number of methoxy groups -OCH3 is 1. The van der Waals surface area contributed by atoms with Gasteiger partial charge in [0.2, 0.25) is 0 Å². The van der Waals surface area contributed by atoms with Crippen molar-refractivity contribution in [3.8, 4) is 11.3 Å². The van der Waals surface area contributed by atoms with Gasteiger partial charge in [-0.15, -0.1) is 5.10 Å². The molecule has 0 radical (unpaired) electrons. The number of aromatic carboxylic acids is 1. The standard InChI is InChI=1S/C21H25N3O5/c1-24-18(19(26)27)17(22-23-24)14-3-5-15(6-4-14)20-9-11-21(12-10-20,29-13-20)8-7-16(25)28-2/h3-6H,7-13H2,1-2H3,(H,26,27). The monoisotopic (exact) mass is 399 g/mol. The number of nitrogens with zero attached hydrogens (tertiary/aromatic N) is 3. The van der Waals surface area contributed by atoms with E-state index in [2.05, 4.69) is 10.3 Å². The molecule has 0 unspecified atom stereocenters. The first kappa shape index (κ1) is 19.6. The zero-order valence-corrected chi connectivity index (χ0v) is 16.7. The van der Waals surface area contributed by atoms with E-state index in [4.69, 9.17) is 9.47 Å². The van der Waals surface area contributed by atoms with Gasteiger partial charge in [-0.2, -0.15) is 0 Å². The molecular weight excluding hydrogens is 374 g/mol. The van der Waals surface area contributed by atoms with Crippen LogP contribution in [-0.4, -0.2) is 51.4 Å². The fourth-order valence-corrected chi connectivity index (χ4v) is 4.66. The van der Waals surface area contributed by atoms with Crippen molar-refractivity contribution >= 4 is 11.9 Å². The fraction of sp³-hybridized carbons (Fsp3) is 0.524. The molecule has 1 N–H and O–H groups in total. The second-order valence-electron chi connectivity index (χ2n) is 8.12. The van der Waals surface area contributed by atoms with Crippen molar-refractivity contribution in [2.24, 2.45) is 7.05 Å². The summed E-state index contributed by atoms with van der Waals surface area (Å²) in [4.78, 5) is 23.0. The molecule has 1 saturated carbocycles. The van der Waals surface area contributed by atoms with E-state index >= 15 is 0 Å². The molecule has 2 saturated heterocycles. The van der Waals surface area contributed by atoms with Gasteiger partial charge in [0.25, 0.3) is 0 Å². The van der Waals surface area contributed by atoms with Crippen molar-refractivity contribution in [1.82, 2.24) is 15.0 Å². The van der Waals surface area contributed by atoms with E-state index < -0.39 is 5.97 Å². The summed E-state index contributed by atoms with van der Waals surface area (Å²) in [5.74, 6) is -1.24. The maximum atomic E-state index is 11.5. The second-order valence-corrected chi connectivity index (χ2v) is 8.12. The van der Waals surface area contributed by atoms with E-state index in [9.17, 15) is 14.7 Å². The molecule has 2 aliphatic heterocycles. The van der Waals surface area contributed by atoms with Crippen molar-refractivity contribution < 1.29 is 24.2 Å². The Morgan fingerprint density at radius 3 is 2.45 bits per heavy atom. The lowest BCUT2D eigenvalue weighted by atomic mass is 9.62. The molecule has 3 aliphatic rings. The summed E-state index contributed by atoms with van der Waals surface area (Å²) in [6.07, 6.45) is 4.98. The van der Waals surface area contributed by atoms with Gasteiger partial charge in [-0.05, 0) is 37.7 Å². The maximum absolute atomic E-state index is 11.5. The molecule has 154 valence electrons. The molecule has 5 rings (SSSR count). The average molecular weight is 399 g/mol. The van der Waals surface area contributed by atoms with E-state index in [0.29, 0.717) is 25.1 Å². The highest BCUT2D eigenvalue weighted by atomic mass is 16.5. The number of fused-ring (bicyclic) bond motifs is 3. The van der Waals surface area contributed by atoms with Crippen LogP contribution in [0.1, 0.15) is 54.6 Å². The first-order valence-corrected chi connectivity index (χ1v) is 9.83. The Kier molecular flexibility index (Phi) is 4.90. The van der Waals surface area contributed by atoms with Crippen molar-refractivity contribution in [3.63, 3.8) is 0 Å². The van der Waals surface area contributed by atoms with E-state index in [-0.39, 0.29) is 22.7 Å². The molecule has 0 amide bonds. The number of ether oxygens (including phenoxy) is 2. The third kappa shape index (κ3) is 3.42. The average Bonchev–Trinajstić information content (AvgIpc) is 3.15. The molecule has 8 nitrogen and oxygen atoms in total. The number of esters is 1. The van der Waals surface area contributed by atoms with Gasteiger partial charge in [0.15, 0.2) is 5.69 Å². The van der Waals surface area contributed by atoms with Gasteiger partial charge in [-0.1, -0.05) is 29.5 Å². The van der Waals surface area contributed by atoms with Crippen LogP contribution in [0.25, 0.3) is 11.3 Å². The van der Waals surface area contributed by atoms with E-state index in [1.54, 1.807) is 7.05 Å². The number of benzene rings is 1. The normalized spacial score (nSPS) is 25.7. The summed E-state index contributed by atoms with van der Waals surface area (Å²) >= 11 is 0. The van der Waals surface area contributed by atoms with Crippen LogP contribution in [0.4, 0.5) is 0 Å². The van der Waals surface area contributed by atoms with Crippen LogP contribution in [0.2, 0.25) is 0 Å². The molecule has 1 aliphatic carbocycles. The smallest absolute Gasteiger partial charge is 0.356 e. The minimum absolute atomic E-state index is 0.0243. The second kappa shape index (κ2) is 7.26. The number of carbonyl (C=O) groups excluding carboxylic acids is 1. The van der Waals surface area contributed by atoms with Crippen LogP contribution in [0.15, 0.2) is 24.3 Å². The summed E-state index contributed by atoms with van der Waals surface area (Å²) < 4.78 is 12.3. The molecule has 0 spiro atoms. The molecule has 2 aromatic rings. The van der Waals surface area contributed by atoms with E-state index in [0.717, 1.165) is 31.2 Å². The van der Waals surface area contributed by atoms with Gasteiger partial charge in [-0.25, -0.2) is 9.48 Å². The predicted molar refractivity (Wildman–Crippen MR) is 103 cm³/mol. The lowest BCUT2D eigenvalue weighted by Gasteiger charge is -2.53. The molecular formula is C21H25N3O5. The van der Waals surface area contributed by atoms with Crippen LogP contribution in [0.3, 0.4) is 0 Å². The highest BCUT2D eigenvalue weighted by molar-refractivity contribution is 5.92. The Balaban J connectivity index is 1.50. The molecule has 1 aromatic heterocycles.